The summed E-state index contributed by atoms with van der Waals surface area (Å²) in [7, 11) is 0. The maximum absolute atomic E-state index is 11.3. The Bertz CT molecular complexity index is 474. The number of hydrogen-bond donors (Lipinski definition) is 2. The zero-order chi connectivity index (χ0) is 13.3. The van der Waals surface area contributed by atoms with Crippen molar-refractivity contribution in [1.29, 1.82) is 0 Å². The molecule has 98 valence electrons. The van der Waals surface area contributed by atoms with Gasteiger partial charge in [0.1, 0.15) is 11.4 Å². The number of carboxylic acids is 1. The van der Waals surface area contributed by atoms with Crippen molar-refractivity contribution in [1.82, 2.24) is 4.98 Å². The number of hydrogen-bond acceptors (Lipinski definition) is 4. The molecule has 1 aromatic rings. The van der Waals surface area contributed by atoms with Gasteiger partial charge in [0.2, 0.25) is 0 Å². The Morgan fingerprint density at radius 2 is 2.28 bits per heavy atom. The Hall–Kier alpha value is -1.62. The molecule has 0 aromatic carbocycles. The number of aliphatic hydroxyl groups excluding tert-OH is 1. The highest BCUT2D eigenvalue weighted by molar-refractivity contribution is 5.95. The fraction of sp³-hybridized carbons (Fsp3) is 0.538. The summed E-state index contributed by atoms with van der Waals surface area (Å²) in [6.07, 6.45) is 0.879. The number of anilines is 1. The number of carboxylic acid groups (broad SMARTS) is 1. The summed E-state index contributed by atoms with van der Waals surface area (Å²) in [6, 6.07) is 1.78. The monoisotopic (exact) mass is 250 g/mol. The number of aromatic nitrogens is 1. The van der Waals surface area contributed by atoms with Crippen molar-refractivity contribution < 1.29 is 15.0 Å². The fourth-order valence-corrected chi connectivity index (χ4v) is 2.48. The Morgan fingerprint density at radius 1 is 1.56 bits per heavy atom. The lowest BCUT2D eigenvalue weighted by Crippen LogP contribution is -2.25. The summed E-state index contributed by atoms with van der Waals surface area (Å²) in [4.78, 5) is 17.7. The van der Waals surface area contributed by atoms with Crippen LogP contribution < -0.4 is 4.90 Å². The van der Waals surface area contributed by atoms with Gasteiger partial charge in [-0.3, -0.25) is 0 Å². The van der Waals surface area contributed by atoms with Gasteiger partial charge in [0.25, 0.3) is 0 Å². The molecule has 2 heterocycles. The van der Waals surface area contributed by atoms with Crippen molar-refractivity contribution >= 4 is 11.8 Å². The highest BCUT2D eigenvalue weighted by Gasteiger charge is 2.27. The summed E-state index contributed by atoms with van der Waals surface area (Å²) in [5, 5.41) is 18.5. The van der Waals surface area contributed by atoms with Crippen LogP contribution in [-0.2, 0) is 0 Å². The van der Waals surface area contributed by atoms with E-state index in [1.54, 1.807) is 13.0 Å². The minimum Gasteiger partial charge on any atom is -0.478 e. The Balaban J connectivity index is 2.40. The molecule has 2 N–H and O–H groups in total. The number of aryl methyl sites for hydroxylation is 2. The largest absolute Gasteiger partial charge is 0.478 e. The van der Waals surface area contributed by atoms with Crippen LogP contribution in [0.2, 0.25) is 0 Å². The van der Waals surface area contributed by atoms with E-state index in [2.05, 4.69) is 4.98 Å². The summed E-state index contributed by atoms with van der Waals surface area (Å²) < 4.78 is 0. The predicted octanol–water partition coefficient (Wildman–Crippen LogP) is 1.22. The number of aliphatic hydroxyl groups is 1. The van der Waals surface area contributed by atoms with E-state index in [1.165, 1.54) is 0 Å². The first-order chi connectivity index (χ1) is 8.52. The van der Waals surface area contributed by atoms with Gasteiger partial charge >= 0.3 is 5.97 Å². The van der Waals surface area contributed by atoms with E-state index < -0.39 is 5.97 Å². The maximum Gasteiger partial charge on any atom is 0.339 e. The van der Waals surface area contributed by atoms with Crippen LogP contribution in [0.1, 0.15) is 28.0 Å². The second-order valence-corrected chi connectivity index (χ2v) is 4.87. The molecule has 1 aliphatic heterocycles. The van der Waals surface area contributed by atoms with E-state index in [0.29, 0.717) is 12.4 Å². The van der Waals surface area contributed by atoms with E-state index in [-0.39, 0.29) is 18.1 Å². The molecule has 0 spiro atoms. The molecule has 0 radical (unpaired) electrons. The lowest BCUT2D eigenvalue weighted by atomic mass is 10.1. The first-order valence-electron chi connectivity index (χ1n) is 6.10. The molecule has 1 saturated heterocycles. The Morgan fingerprint density at radius 3 is 2.83 bits per heavy atom. The lowest BCUT2D eigenvalue weighted by molar-refractivity contribution is 0.0696. The van der Waals surface area contributed by atoms with Gasteiger partial charge in [-0.25, -0.2) is 9.78 Å². The van der Waals surface area contributed by atoms with Gasteiger partial charge in [-0.15, -0.1) is 0 Å². The topological polar surface area (TPSA) is 73.7 Å². The average molecular weight is 250 g/mol. The number of aromatic carboxylic acids is 1. The number of rotatable bonds is 3. The van der Waals surface area contributed by atoms with E-state index in [0.717, 1.165) is 24.2 Å². The van der Waals surface area contributed by atoms with Gasteiger partial charge in [-0.1, -0.05) is 0 Å². The molecule has 0 bridgehead atoms. The smallest absolute Gasteiger partial charge is 0.339 e. The summed E-state index contributed by atoms with van der Waals surface area (Å²) in [6.45, 7) is 5.22. The quantitative estimate of drug-likeness (QED) is 0.843. The molecular weight excluding hydrogens is 232 g/mol. The van der Waals surface area contributed by atoms with Gasteiger partial charge in [-0.2, -0.15) is 0 Å². The molecule has 1 fully saturated rings. The van der Waals surface area contributed by atoms with Crippen LogP contribution >= 0.6 is 0 Å². The van der Waals surface area contributed by atoms with Crippen LogP contribution in [0.4, 0.5) is 5.82 Å². The number of nitrogens with zero attached hydrogens (tertiary/aromatic N) is 2. The van der Waals surface area contributed by atoms with Crippen molar-refractivity contribution in [3.8, 4) is 0 Å². The summed E-state index contributed by atoms with van der Waals surface area (Å²) in [5.74, 6) is -0.187. The second kappa shape index (κ2) is 4.94. The van der Waals surface area contributed by atoms with E-state index in [9.17, 15) is 9.90 Å². The normalized spacial score (nSPS) is 19.3. The molecule has 1 aliphatic rings. The molecule has 5 nitrogen and oxygen atoms in total. The van der Waals surface area contributed by atoms with Gasteiger partial charge in [0, 0.05) is 31.3 Å². The molecule has 18 heavy (non-hydrogen) atoms. The molecule has 0 aliphatic carbocycles. The van der Waals surface area contributed by atoms with Crippen LogP contribution in [0, 0.1) is 19.8 Å². The molecule has 0 amide bonds. The fourth-order valence-electron chi connectivity index (χ4n) is 2.48. The van der Waals surface area contributed by atoms with Gasteiger partial charge in [0.15, 0.2) is 0 Å². The van der Waals surface area contributed by atoms with Crippen LogP contribution in [0.3, 0.4) is 0 Å². The van der Waals surface area contributed by atoms with Crippen LogP contribution in [0.15, 0.2) is 6.07 Å². The van der Waals surface area contributed by atoms with Crippen molar-refractivity contribution in [2.75, 3.05) is 24.6 Å². The van der Waals surface area contributed by atoms with Crippen molar-refractivity contribution in [3.05, 3.63) is 22.9 Å². The standard InChI is InChI=1S/C13H18N2O3/c1-8-5-9(2)14-12(11(8)13(17)18)15-4-3-10(6-15)7-16/h5,10,16H,3-4,6-7H2,1-2H3,(H,17,18). The summed E-state index contributed by atoms with van der Waals surface area (Å²) in [5.41, 5.74) is 1.83. The minimum absolute atomic E-state index is 0.143. The highest BCUT2D eigenvalue weighted by Crippen LogP contribution is 2.27. The molecule has 0 saturated carbocycles. The van der Waals surface area contributed by atoms with Crippen LogP contribution in [-0.4, -0.2) is 40.9 Å². The van der Waals surface area contributed by atoms with Crippen molar-refractivity contribution in [2.24, 2.45) is 5.92 Å². The minimum atomic E-state index is -0.942. The van der Waals surface area contributed by atoms with Gasteiger partial charge < -0.3 is 15.1 Å². The van der Waals surface area contributed by atoms with Crippen molar-refractivity contribution in [2.45, 2.75) is 20.3 Å². The van der Waals surface area contributed by atoms with Crippen LogP contribution in [0.5, 0.6) is 0 Å². The third-order valence-corrected chi connectivity index (χ3v) is 3.38. The predicted molar refractivity (Wildman–Crippen MR) is 68.1 cm³/mol. The van der Waals surface area contributed by atoms with Crippen LogP contribution in [0.25, 0.3) is 0 Å². The molecule has 2 rings (SSSR count). The lowest BCUT2D eigenvalue weighted by Gasteiger charge is -2.21. The first-order valence-corrected chi connectivity index (χ1v) is 6.10. The molecular formula is C13H18N2O3. The maximum atomic E-state index is 11.3. The van der Waals surface area contributed by atoms with Crippen molar-refractivity contribution in [3.63, 3.8) is 0 Å². The van der Waals surface area contributed by atoms with Gasteiger partial charge in [0.05, 0.1) is 0 Å². The zero-order valence-corrected chi connectivity index (χ0v) is 10.7. The highest BCUT2D eigenvalue weighted by atomic mass is 16.4. The third-order valence-electron chi connectivity index (χ3n) is 3.38. The first kappa shape index (κ1) is 12.8. The molecule has 1 atom stereocenters. The number of carbonyl (C=O) groups is 1. The molecule has 5 heteroatoms. The average Bonchev–Trinajstić information content (AvgIpc) is 2.75. The SMILES string of the molecule is Cc1cc(C)c(C(=O)O)c(N2CCC(CO)C2)n1. The second-order valence-electron chi connectivity index (χ2n) is 4.87. The van der Waals surface area contributed by atoms with Gasteiger partial charge in [-0.05, 0) is 31.9 Å². The zero-order valence-electron chi connectivity index (χ0n) is 10.7. The van der Waals surface area contributed by atoms with E-state index >= 15 is 0 Å². The molecule has 1 unspecified atom stereocenters. The number of pyridine rings is 1. The van der Waals surface area contributed by atoms with E-state index in [1.807, 2.05) is 11.8 Å². The summed E-state index contributed by atoms with van der Waals surface area (Å²) >= 11 is 0. The molecule has 1 aromatic heterocycles. The Labute approximate surface area is 106 Å². The third kappa shape index (κ3) is 2.31. The van der Waals surface area contributed by atoms with E-state index in [4.69, 9.17) is 5.11 Å². The Kier molecular flexibility index (Phi) is 3.52.